The number of amides is 1. The van der Waals surface area contributed by atoms with Crippen molar-refractivity contribution in [3.8, 4) is 17.2 Å². The molecule has 1 amide bonds. The zero-order valence-electron chi connectivity index (χ0n) is 15.4. The van der Waals surface area contributed by atoms with E-state index >= 15 is 0 Å². The maximum Gasteiger partial charge on any atom is 0.257 e. The SMILES string of the molecule is COc1ccccc1OCC(=O)NCCNCC(O)COc1ccccc1. The molecule has 2 aromatic carbocycles. The van der Waals surface area contributed by atoms with Crippen molar-refractivity contribution in [1.82, 2.24) is 10.6 Å². The van der Waals surface area contributed by atoms with Crippen LogP contribution in [0.5, 0.6) is 17.2 Å². The van der Waals surface area contributed by atoms with Crippen molar-refractivity contribution in [2.75, 3.05) is 40.0 Å². The minimum absolute atomic E-state index is 0.0894. The summed E-state index contributed by atoms with van der Waals surface area (Å²) < 4.78 is 16.1. The second-order valence-corrected chi connectivity index (χ2v) is 5.77. The number of hydrogen-bond donors (Lipinski definition) is 3. The third-order valence-electron chi connectivity index (χ3n) is 3.62. The number of methoxy groups -OCH3 is 1. The van der Waals surface area contributed by atoms with Crippen LogP contribution in [0.1, 0.15) is 0 Å². The van der Waals surface area contributed by atoms with Gasteiger partial charge in [-0.25, -0.2) is 0 Å². The first kappa shape index (κ1) is 20.5. The summed E-state index contributed by atoms with van der Waals surface area (Å²) in [5.41, 5.74) is 0. The van der Waals surface area contributed by atoms with Crippen LogP contribution in [-0.4, -0.2) is 57.1 Å². The monoisotopic (exact) mass is 374 g/mol. The maximum atomic E-state index is 11.8. The molecule has 1 unspecified atom stereocenters. The van der Waals surface area contributed by atoms with E-state index in [-0.39, 0.29) is 19.1 Å². The van der Waals surface area contributed by atoms with E-state index in [4.69, 9.17) is 14.2 Å². The molecule has 0 spiro atoms. The molecule has 1 atom stereocenters. The number of carbonyl (C=O) groups excluding carboxylic acids is 1. The number of ether oxygens (including phenoxy) is 3. The standard InChI is InChI=1S/C20H26N2O5/c1-25-18-9-5-6-10-19(18)27-15-20(24)22-12-11-21-13-16(23)14-26-17-7-3-2-4-8-17/h2-10,16,21,23H,11-15H2,1H3,(H,22,24). The van der Waals surface area contributed by atoms with Crippen LogP contribution in [0.4, 0.5) is 0 Å². The van der Waals surface area contributed by atoms with Crippen LogP contribution in [-0.2, 0) is 4.79 Å². The first-order valence-electron chi connectivity index (χ1n) is 8.78. The Hall–Kier alpha value is -2.77. The molecule has 0 aliphatic rings. The van der Waals surface area contributed by atoms with Crippen LogP contribution in [0.15, 0.2) is 54.6 Å². The average molecular weight is 374 g/mol. The molecule has 0 heterocycles. The Kier molecular flexibility index (Phi) is 8.95. The summed E-state index contributed by atoms with van der Waals surface area (Å²) in [7, 11) is 1.55. The molecule has 3 N–H and O–H groups in total. The van der Waals surface area contributed by atoms with Crippen LogP contribution in [0.25, 0.3) is 0 Å². The van der Waals surface area contributed by atoms with Crippen molar-refractivity contribution in [3.63, 3.8) is 0 Å². The molecular weight excluding hydrogens is 348 g/mol. The minimum atomic E-state index is -0.630. The van der Waals surface area contributed by atoms with Gasteiger partial charge in [0.1, 0.15) is 18.5 Å². The Morgan fingerprint density at radius 1 is 1.00 bits per heavy atom. The van der Waals surface area contributed by atoms with E-state index in [2.05, 4.69) is 10.6 Å². The fourth-order valence-electron chi connectivity index (χ4n) is 2.26. The highest BCUT2D eigenvalue weighted by atomic mass is 16.5. The number of hydrogen-bond acceptors (Lipinski definition) is 6. The lowest BCUT2D eigenvalue weighted by Crippen LogP contribution is -2.38. The molecule has 7 heteroatoms. The summed E-state index contributed by atoms with van der Waals surface area (Å²) in [5, 5.41) is 15.7. The first-order valence-corrected chi connectivity index (χ1v) is 8.78. The van der Waals surface area contributed by atoms with Crippen molar-refractivity contribution in [2.24, 2.45) is 0 Å². The molecule has 0 aromatic heterocycles. The van der Waals surface area contributed by atoms with Crippen LogP contribution < -0.4 is 24.8 Å². The summed E-state index contributed by atoms with van der Waals surface area (Å²) in [6.45, 7) is 1.45. The van der Waals surface area contributed by atoms with Gasteiger partial charge in [-0.2, -0.15) is 0 Å². The maximum absolute atomic E-state index is 11.8. The molecule has 146 valence electrons. The highest BCUT2D eigenvalue weighted by Gasteiger charge is 2.07. The third kappa shape index (κ3) is 7.98. The fourth-order valence-corrected chi connectivity index (χ4v) is 2.26. The molecule has 0 aliphatic carbocycles. The normalized spacial score (nSPS) is 11.5. The van der Waals surface area contributed by atoms with E-state index in [9.17, 15) is 9.90 Å². The van der Waals surface area contributed by atoms with E-state index in [1.54, 1.807) is 19.2 Å². The van der Waals surface area contributed by atoms with E-state index in [1.165, 1.54) is 0 Å². The number of aliphatic hydroxyl groups excluding tert-OH is 1. The van der Waals surface area contributed by atoms with Gasteiger partial charge in [0, 0.05) is 19.6 Å². The Morgan fingerprint density at radius 3 is 2.44 bits per heavy atom. The number of rotatable bonds is 12. The molecule has 0 bridgehead atoms. The van der Waals surface area contributed by atoms with Gasteiger partial charge in [-0.15, -0.1) is 0 Å². The van der Waals surface area contributed by atoms with Gasteiger partial charge in [-0.05, 0) is 24.3 Å². The number of aliphatic hydroxyl groups is 1. The lowest BCUT2D eigenvalue weighted by molar-refractivity contribution is -0.123. The summed E-state index contributed by atoms with van der Waals surface area (Å²) in [5.74, 6) is 1.60. The molecule has 0 radical (unpaired) electrons. The Labute approximate surface area is 159 Å². The van der Waals surface area contributed by atoms with Gasteiger partial charge in [0.15, 0.2) is 18.1 Å². The predicted molar refractivity (Wildman–Crippen MR) is 102 cm³/mol. The zero-order valence-corrected chi connectivity index (χ0v) is 15.4. The van der Waals surface area contributed by atoms with E-state index < -0.39 is 6.10 Å². The molecule has 0 saturated heterocycles. The van der Waals surface area contributed by atoms with Crippen LogP contribution in [0.3, 0.4) is 0 Å². The molecule has 2 rings (SSSR count). The largest absolute Gasteiger partial charge is 0.493 e. The average Bonchev–Trinajstić information content (AvgIpc) is 2.71. The molecule has 7 nitrogen and oxygen atoms in total. The highest BCUT2D eigenvalue weighted by Crippen LogP contribution is 2.25. The molecule has 0 fully saturated rings. The number of para-hydroxylation sites is 3. The second kappa shape index (κ2) is 11.8. The van der Waals surface area contributed by atoms with Gasteiger partial charge in [0.2, 0.25) is 0 Å². The summed E-state index contributed by atoms with van der Waals surface area (Å²) in [6.07, 6.45) is -0.630. The van der Waals surface area contributed by atoms with Gasteiger partial charge < -0.3 is 30.0 Å². The molecule has 2 aromatic rings. The highest BCUT2D eigenvalue weighted by molar-refractivity contribution is 5.77. The number of nitrogens with one attached hydrogen (secondary N) is 2. The smallest absolute Gasteiger partial charge is 0.257 e. The third-order valence-corrected chi connectivity index (χ3v) is 3.62. The van der Waals surface area contributed by atoms with Crippen LogP contribution in [0.2, 0.25) is 0 Å². The quantitative estimate of drug-likeness (QED) is 0.484. The Morgan fingerprint density at radius 2 is 1.70 bits per heavy atom. The van der Waals surface area contributed by atoms with E-state index in [1.807, 2.05) is 42.5 Å². The summed E-state index contributed by atoms with van der Waals surface area (Å²) in [6, 6.07) is 16.5. The van der Waals surface area contributed by atoms with Gasteiger partial charge in [-0.3, -0.25) is 4.79 Å². The van der Waals surface area contributed by atoms with Gasteiger partial charge in [0.05, 0.1) is 7.11 Å². The molecule has 0 aliphatic heterocycles. The number of carbonyl (C=O) groups is 1. The van der Waals surface area contributed by atoms with E-state index in [0.717, 1.165) is 5.75 Å². The van der Waals surface area contributed by atoms with Gasteiger partial charge in [0.25, 0.3) is 5.91 Å². The summed E-state index contributed by atoms with van der Waals surface area (Å²) >= 11 is 0. The fraction of sp³-hybridized carbons (Fsp3) is 0.350. The summed E-state index contributed by atoms with van der Waals surface area (Å²) in [4.78, 5) is 11.8. The van der Waals surface area contributed by atoms with Crippen LogP contribution >= 0.6 is 0 Å². The first-order chi connectivity index (χ1) is 13.2. The van der Waals surface area contributed by atoms with Gasteiger partial charge in [-0.1, -0.05) is 30.3 Å². The Balaban J connectivity index is 1.52. The molecular formula is C20H26N2O5. The minimum Gasteiger partial charge on any atom is -0.493 e. The lowest BCUT2D eigenvalue weighted by atomic mass is 10.3. The van der Waals surface area contributed by atoms with Crippen molar-refractivity contribution in [3.05, 3.63) is 54.6 Å². The van der Waals surface area contributed by atoms with E-state index in [0.29, 0.717) is 31.1 Å². The van der Waals surface area contributed by atoms with Gasteiger partial charge >= 0.3 is 0 Å². The zero-order chi connectivity index (χ0) is 19.3. The van der Waals surface area contributed by atoms with Crippen molar-refractivity contribution in [1.29, 1.82) is 0 Å². The van der Waals surface area contributed by atoms with Crippen LogP contribution in [0, 0.1) is 0 Å². The lowest BCUT2D eigenvalue weighted by Gasteiger charge is -2.14. The Bertz CT molecular complexity index is 681. The van der Waals surface area contributed by atoms with Crippen molar-refractivity contribution in [2.45, 2.75) is 6.10 Å². The molecule has 27 heavy (non-hydrogen) atoms. The number of benzene rings is 2. The van der Waals surface area contributed by atoms with Crippen molar-refractivity contribution >= 4 is 5.91 Å². The predicted octanol–water partition coefficient (Wildman–Crippen LogP) is 1.22. The topological polar surface area (TPSA) is 89.1 Å². The molecule has 0 saturated carbocycles. The second-order valence-electron chi connectivity index (χ2n) is 5.77. The van der Waals surface area contributed by atoms with Crippen molar-refractivity contribution < 1.29 is 24.1 Å².